The molecule has 0 spiro atoms. The highest BCUT2D eigenvalue weighted by Crippen LogP contribution is 2.35. The fourth-order valence-corrected chi connectivity index (χ4v) is 3.36. The van der Waals surface area contributed by atoms with E-state index < -0.39 is 47.3 Å². The summed E-state index contributed by atoms with van der Waals surface area (Å²) >= 11 is 0. The van der Waals surface area contributed by atoms with Gasteiger partial charge in [0, 0.05) is 25.7 Å². The van der Waals surface area contributed by atoms with Crippen LogP contribution in [0.1, 0.15) is 58.3 Å². The van der Waals surface area contributed by atoms with Crippen molar-refractivity contribution < 1.29 is 43.2 Å². The van der Waals surface area contributed by atoms with Gasteiger partial charge in [0.25, 0.3) is 23.6 Å². The molecule has 0 saturated carbocycles. The SMILES string of the molecule is C[C@]1(C(=O)ON2C(=O)CCC2=O)CC/C=C\[C@@H](OC(=O)ON2C(=O)CCC2=O)CC1. The molecule has 0 N–H and O–H groups in total. The second kappa shape index (κ2) is 8.64. The van der Waals surface area contributed by atoms with Gasteiger partial charge in [-0.2, -0.15) is 0 Å². The summed E-state index contributed by atoms with van der Waals surface area (Å²) in [5.41, 5.74) is -1.01. The van der Waals surface area contributed by atoms with Crippen LogP contribution in [0.25, 0.3) is 0 Å². The van der Waals surface area contributed by atoms with Crippen LogP contribution in [0, 0.1) is 5.41 Å². The number of hydrogen-bond donors (Lipinski definition) is 0. The van der Waals surface area contributed by atoms with Gasteiger partial charge in [-0.25, -0.2) is 9.59 Å². The Balaban J connectivity index is 1.57. The van der Waals surface area contributed by atoms with Crippen molar-refractivity contribution in [1.29, 1.82) is 0 Å². The third-order valence-electron chi connectivity index (χ3n) is 5.29. The lowest BCUT2D eigenvalue weighted by molar-refractivity contribution is -0.205. The standard InChI is InChI=1S/C19H22N2O9/c1-19(17(26)29-20-13(22)5-6-14(20)23)10-3-2-4-12(9-11-19)28-18(27)30-21-15(24)7-8-16(21)25/h2,4,12H,3,5-11H2,1H3/b4-2-/t12-,19+/m1/s1. The van der Waals surface area contributed by atoms with Crippen molar-refractivity contribution >= 4 is 35.8 Å². The summed E-state index contributed by atoms with van der Waals surface area (Å²) in [5, 5.41) is 0.901. The van der Waals surface area contributed by atoms with E-state index in [4.69, 9.17) is 9.57 Å². The Bertz CT molecular complexity index is 789. The predicted octanol–water partition coefficient (Wildman–Crippen LogP) is 1.32. The Hall–Kier alpha value is -3.24. The molecule has 11 nitrogen and oxygen atoms in total. The zero-order valence-corrected chi connectivity index (χ0v) is 16.5. The van der Waals surface area contributed by atoms with Crippen LogP contribution in [0.2, 0.25) is 0 Å². The Kier molecular flexibility index (Phi) is 6.18. The summed E-state index contributed by atoms with van der Waals surface area (Å²) in [5.74, 6) is -3.07. The average Bonchev–Trinajstić information content (AvgIpc) is 3.17. The van der Waals surface area contributed by atoms with Crippen LogP contribution in [0.4, 0.5) is 4.79 Å². The summed E-state index contributed by atoms with van der Waals surface area (Å²) in [4.78, 5) is 80.8. The highest BCUT2D eigenvalue weighted by Gasteiger charge is 2.41. The van der Waals surface area contributed by atoms with Crippen LogP contribution in [0.5, 0.6) is 0 Å². The number of ether oxygens (including phenoxy) is 1. The van der Waals surface area contributed by atoms with Crippen molar-refractivity contribution in [3.8, 4) is 0 Å². The zero-order chi connectivity index (χ0) is 21.9. The molecule has 0 aromatic carbocycles. The molecule has 162 valence electrons. The van der Waals surface area contributed by atoms with Gasteiger partial charge in [-0.05, 0) is 38.7 Å². The Labute approximate surface area is 171 Å². The Morgan fingerprint density at radius 2 is 1.43 bits per heavy atom. The van der Waals surface area contributed by atoms with Crippen LogP contribution in [0.15, 0.2) is 12.2 Å². The molecule has 4 amide bonds. The largest absolute Gasteiger partial charge is 0.534 e. The van der Waals surface area contributed by atoms with Gasteiger partial charge in [0.15, 0.2) is 0 Å². The van der Waals surface area contributed by atoms with E-state index in [1.807, 2.05) is 0 Å². The van der Waals surface area contributed by atoms with Gasteiger partial charge in [-0.15, -0.1) is 5.06 Å². The third kappa shape index (κ3) is 4.66. The van der Waals surface area contributed by atoms with Crippen LogP contribution >= 0.6 is 0 Å². The van der Waals surface area contributed by atoms with E-state index in [1.54, 1.807) is 19.1 Å². The van der Waals surface area contributed by atoms with Gasteiger partial charge < -0.3 is 9.57 Å². The quantitative estimate of drug-likeness (QED) is 0.373. The molecule has 2 aliphatic heterocycles. The molecule has 0 bridgehead atoms. The monoisotopic (exact) mass is 422 g/mol. The van der Waals surface area contributed by atoms with E-state index in [-0.39, 0.29) is 38.5 Å². The molecule has 3 rings (SSSR count). The number of carbonyl (C=O) groups excluding carboxylic acids is 6. The van der Waals surface area contributed by atoms with E-state index in [0.717, 1.165) is 0 Å². The first kappa shape index (κ1) is 21.5. The first-order valence-corrected chi connectivity index (χ1v) is 9.69. The van der Waals surface area contributed by atoms with Crippen molar-refractivity contribution in [3.05, 3.63) is 12.2 Å². The Morgan fingerprint density at radius 1 is 0.900 bits per heavy atom. The molecule has 3 aliphatic rings. The summed E-state index contributed by atoms with van der Waals surface area (Å²) in [6.45, 7) is 1.65. The molecule has 0 unspecified atom stereocenters. The average molecular weight is 422 g/mol. The number of hydrogen-bond acceptors (Lipinski definition) is 9. The van der Waals surface area contributed by atoms with Gasteiger partial charge in [-0.1, -0.05) is 11.1 Å². The molecule has 1 aliphatic carbocycles. The van der Waals surface area contributed by atoms with Crippen LogP contribution in [-0.4, -0.2) is 52.0 Å². The number of amides is 4. The number of allylic oxidation sites excluding steroid dienone is 1. The van der Waals surface area contributed by atoms with Crippen molar-refractivity contribution in [2.45, 2.75) is 64.4 Å². The van der Waals surface area contributed by atoms with Gasteiger partial charge in [-0.3, -0.25) is 24.0 Å². The number of hydroxylamine groups is 4. The highest BCUT2D eigenvalue weighted by molar-refractivity contribution is 6.02. The van der Waals surface area contributed by atoms with Crippen LogP contribution < -0.4 is 0 Å². The molecule has 0 aromatic heterocycles. The van der Waals surface area contributed by atoms with E-state index in [1.165, 1.54) is 0 Å². The second-order valence-corrected chi connectivity index (χ2v) is 7.61. The van der Waals surface area contributed by atoms with E-state index in [9.17, 15) is 28.8 Å². The van der Waals surface area contributed by atoms with Gasteiger partial charge >= 0.3 is 12.1 Å². The van der Waals surface area contributed by atoms with Crippen LogP contribution in [-0.2, 0) is 38.4 Å². The van der Waals surface area contributed by atoms with E-state index in [2.05, 4.69) is 4.84 Å². The summed E-state index contributed by atoms with van der Waals surface area (Å²) in [7, 11) is 0. The van der Waals surface area contributed by atoms with Crippen molar-refractivity contribution in [1.82, 2.24) is 10.1 Å². The van der Waals surface area contributed by atoms with Gasteiger partial charge in [0.05, 0.1) is 5.41 Å². The maximum Gasteiger partial charge on any atom is 0.534 e. The van der Waals surface area contributed by atoms with Gasteiger partial charge in [0.2, 0.25) is 0 Å². The zero-order valence-electron chi connectivity index (χ0n) is 16.5. The minimum Gasteiger partial charge on any atom is -0.425 e. The fourth-order valence-electron chi connectivity index (χ4n) is 3.36. The minimum atomic E-state index is -1.20. The minimum absolute atomic E-state index is 0.00557. The van der Waals surface area contributed by atoms with Crippen LogP contribution in [0.3, 0.4) is 0 Å². The summed E-state index contributed by atoms with van der Waals surface area (Å²) < 4.78 is 5.16. The topological polar surface area (TPSA) is 137 Å². The normalized spacial score (nSPS) is 28.2. The maximum absolute atomic E-state index is 12.7. The first-order chi connectivity index (χ1) is 14.2. The molecule has 0 radical (unpaired) electrons. The highest BCUT2D eigenvalue weighted by atomic mass is 16.8. The first-order valence-electron chi connectivity index (χ1n) is 9.69. The van der Waals surface area contributed by atoms with E-state index in [0.29, 0.717) is 23.0 Å². The number of carbonyl (C=O) groups is 6. The molecule has 0 aromatic rings. The lowest BCUT2D eigenvalue weighted by Gasteiger charge is -2.30. The summed E-state index contributed by atoms with van der Waals surface area (Å²) in [6.07, 6.45) is 2.69. The maximum atomic E-state index is 12.7. The van der Waals surface area contributed by atoms with Crippen molar-refractivity contribution in [3.63, 3.8) is 0 Å². The van der Waals surface area contributed by atoms with Gasteiger partial charge in [0.1, 0.15) is 6.10 Å². The Morgan fingerprint density at radius 3 is 2.00 bits per heavy atom. The fraction of sp³-hybridized carbons (Fsp3) is 0.579. The molecule has 2 heterocycles. The molecule has 2 atom stereocenters. The van der Waals surface area contributed by atoms with E-state index >= 15 is 0 Å². The molecular formula is C19H22N2O9. The molecule has 2 fully saturated rings. The summed E-state index contributed by atoms with van der Waals surface area (Å²) in [6, 6.07) is 0. The predicted molar refractivity (Wildman–Crippen MR) is 95.3 cm³/mol. The number of nitrogens with zero attached hydrogens (tertiary/aromatic N) is 2. The van der Waals surface area contributed by atoms with Crippen molar-refractivity contribution in [2.75, 3.05) is 0 Å². The van der Waals surface area contributed by atoms with Crippen molar-refractivity contribution in [2.24, 2.45) is 5.41 Å². The lowest BCUT2D eigenvalue weighted by atomic mass is 9.79. The lowest BCUT2D eigenvalue weighted by Crippen LogP contribution is -2.40. The second-order valence-electron chi connectivity index (χ2n) is 7.61. The molecular weight excluding hydrogens is 400 g/mol. The molecule has 2 saturated heterocycles. The smallest absolute Gasteiger partial charge is 0.425 e. The number of imide groups is 2. The number of rotatable bonds is 4. The third-order valence-corrected chi connectivity index (χ3v) is 5.29. The molecule has 11 heteroatoms. The molecule has 30 heavy (non-hydrogen) atoms.